The molecule has 1 aliphatic carbocycles. The molecule has 0 saturated heterocycles. The van der Waals surface area contributed by atoms with Crippen LogP contribution in [0.5, 0.6) is 17.2 Å². The Morgan fingerprint density at radius 1 is 1.09 bits per heavy atom. The van der Waals surface area contributed by atoms with Crippen LogP contribution in [-0.2, 0) is 21.5 Å². The van der Waals surface area contributed by atoms with Crippen molar-refractivity contribution in [2.24, 2.45) is 0 Å². The summed E-state index contributed by atoms with van der Waals surface area (Å²) in [6.45, 7) is 6.32. The summed E-state index contributed by atoms with van der Waals surface area (Å²) >= 11 is 0. The van der Waals surface area contributed by atoms with Gasteiger partial charge in [-0.2, -0.15) is 0 Å². The molecule has 2 aromatic carbocycles. The molecular formula is C25H23NO6. The van der Waals surface area contributed by atoms with E-state index in [2.05, 4.69) is 5.32 Å². The smallest absolute Gasteiger partial charge is 0.194 e. The summed E-state index contributed by atoms with van der Waals surface area (Å²) in [5.74, 6) is -2.39. The van der Waals surface area contributed by atoms with Gasteiger partial charge in [-0.3, -0.25) is 14.4 Å². The number of hydrogen-bond donors (Lipinski definition) is 3. The molecule has 1 atom stereocenters. The topological polar surface area (TPSA) is 113 Å². The zero-order valence-corrected chi connectivity index (χ0v) is 18.2. The number of allylic oxidation sites excluding steroid dienone is 4. The fourth-order valence-electron chi connectivity index (χ4n) is 4.28. The van der Waals surface area contributed by atoms with Gasteiger partial charge in [-0.25, -0.2) is 0 Å². The minimum absolute atomic E-state index is 0.0184. The standard InChI is InChI=1S/C25H23NO6/c1-12-21(29)19(14(3)27)23-20(22(12)30)25(4)17(32-23)10-16(28)18(24(25)31)13(2)26-11-15-8-6-5-7-9-15/h5-10,26,29-30H,11H2,1-4H3/b18-13+. The van der Waals surface area contributed by atoms with Crippen LogP contribution in [0.15, 0.2) is 53.4 Å². The number of benzene rings is 2. The largest absolute Gasteiger partial charge is 0.507 e. The summed E-state index contributed by atoms with van der Waals surface area (Å²) in [4.78, 5) is 38.8. The van der Waals surface area contributed by atoms with Crippen molar-refractivity contribution < 1.29 is 29.3 Å². The maximum Gasteiger partial charge on any atom is 0.194 e. The van der Waals surface area contributed by atoms with Crippen molar-refractivity contribution in [2.45, 2.75) is 39.7 Å². The average molecular weight is 433 g/mol. The predicted molar refractivity (Wildman–Crippen MR) is 117 cm³/mol. The molecule has 32 heavy (non-hydrogen) atoms. The summed E-state index contributed by atoms with van der Waals surface area (Å²) in [6, 6.07) is 9.53. The van der Waals surface area contributed by atoms with Crippen molar-refractivity contribution in [1.29, 1.82) is 0 Å². The van der Waals surface area contributed by atoms with Crippen molar-refractivity contribution in [3.8, 4) is 17.2 Å². The quantitative estimate of drug-likeness (QED) is 0.385. The van der Waals surface area contributed by atoms with Gasteiger partial charge in [-0.15, -0.1) is 0 Å². The molecule has 0 spiro atoms. The minimum atomic E-state index is -1.51. The Bertz CT molecular complexity index is 1260. The first-order valence-electron chi connectivity index (χ1n) is 10.2. The molecule has 1 unspecified atom stereocenters. The van der Waals surface area contributed by atoms with E-state index in [9.17, 15) is 24.6 Å². The first-order chi connectivity index (χ1) is 15.1. The van der Waals surface area contributed by atoms with Crippen LogP contribution in [0.1, 0.15) is 47.8 Å². The highest BCUT2D eigenvalue weighted by Crippen LogP contribution is 2.57. The maximum atomic E-state index is 13.7. The monoisotopic (exact) mass is 433 g/mol. The summed E-state index contributed by atoms with van der Waals surface area (Å²) in [6.07, 6.45) is 1.21. The van der Waals surface area contributed by atoms with E-state index >= 15 is 0 Å². The van der Waals surface area contributed by atoms with E-state index < -0.39 is 28.5 Å². The van der Waals surface area contributed by atoms with Gasteiger partial charge in [0.1, 0.15) is 34.0 Å². The second-order valence-electron chi connectivity index (χ2n) is 8.23. The number of phenols is 2. The molecule has 0 bridgehead atoms. The number of carbonyl (C=O) groups is 3. The molecule has 164 valence electrons. The van der Waals surface area contributed by atoms with Crippen molar-refractivity contribution in [3.05, 3.63) is 75.7 Å². The van der Waals surface area contributed by atoms with Crippen LogP contribution in [0.3, 0.4) is 0 Å². The second kappa shape index (κ2) is 7.37. The molecule has 3 N–H and O–H groups in total. The lowest BCUT2D eigenvalue weighted by molar-refractivity contribution is -0.123. The zero-order chi connectivity index (χ0) is 23.4. The fourth-order valence-corrected chi connectivity index (χ4v) is 4.28. The van der Waals surface area contributed by atoms with Crippen LogP contribution >= 0.6 is 0 Å². The SMILES string of the molecule is CC(=O)c1c(O)c(C)c(O)c2c1OC1=CC(=O)/C(=C(/C)NCc3ccccc3)C(=O)C12C. The summed E-state index contributed by atoms with van der Waals surface area (Å²) in [5.41, 5.74) is -0.161. The number of carbonyl (C=O) groups excluding carboxylic acids is 3. The summed E-state index contributed by atoms with van der Waals surface area (Å²) in [5, 5.41) is 24.4. The van der Waals surface area contributed by atoms with Crippen molar-refractivity contribution in [3.63, 3.8) is 0 Å². The van der Waals surface area contributed by atoms with Gasteiger partial charge in [0, 0.05) is 23.9 Å². The van der Waals surface area contributed by atoms with Gasteiger partial charge in [0.15, 0.2) is 17.3 Å². The lowest BCUT2D eigenvalue weighted by Crippen LogP contribution is -2.41. The van der Waals surface area contributed by atoms with Crippen molar-refractivity contribution in [2.75, 3.05) is 0 Å². The molecule has 2 aromatic rings. The van der Waals surface area contributed by atoms with E-state index in [0.717, 1.165) is 5.56 Å². The van der Waals surface area contributed by atoms with E-state index in [-0.39, 0.29) is 39.5 Å². The molecule has 4 rings (SSSR count). The number of ether oxygens (including phenoxy) is 1. The van der Waals surface area contributed by atoms with Crippen LogP contribution in [0.25, 0.3) is 0 Å². The van der Waals surface area contributed by atoms with Crippen LogP contribution < -0.4 is 10.1 Å². The molecule has 1 heterocycles. The molecule has 0 fully saturated rings. The van der Waals surface area contributed by atoms with E-state index in [1.807, 2.05) is 30.3 Å². The van der Waals surface area contributed by atoms with Crippen LogP contribution in [0.2, 0.25) is 0 Å². The number of aromatic hydroxyl groups is 2. The van der Waals surface area contributed by atoms with Crippen LogP contribution in [0.4, 0.5) is 0 Å². The molecule has 0 aromatic heterocycles. The lowest BCUT2D eigenvalue weighted by atomic mass is 9.70. The number of hydrogen-bond acceptors (Lipinski definition) is 7. The summed E-state index contributed by atoms with van der Waals surface area (Å²) < 4.78 is 5.76. The highest BCUT2D eigenvalue weighted by atomic mass is 16.5. The Balaban J connectivity index is 1.85. The van der Waals surface area contributed by atoms with Gasteiger partial charge in [0.25, 0.3) is 0 Å². The number of ketones is 3. The Morgan fingerprint density at radius 2 is 1.75 bits per heavy atom. The number of Topliss-reactive ketones (excluding diaryl/α,β-unsaturated/α-hetero) is 2. The highest BCUT2D eigenvalue weighted by molar-refractivity contribution is 6.31. The number of phenolic OH excluding ortho intramolecular Hbond substituents is 2. The Hall–Kier alpha value is -3.87. The molecule has 0 amide bonds. The van der Waals surface area contributed by atoms with Gasteiger partial charge in [0.05, 0.1) is 11.1 Å². The highest BCUT2D eigenvalue weighted by Gasteiger charge is 2.56. The molecular weight excluding hydrogens is 410 g/mol. The third-order valence-electron chi connectivity index (χ3n) is 6.16. The van der Waals surface area contributed by atoms with Gasteiger partial charge >= 0.3 is 0 Å². The predicted octanol–water partition coefficient (Wildman–Crippen LogP) is 3.36. The van der Waals surface area contributed by atoms with E-state index in [1.54, 1.807) is 13.8 Å². The van der Waals surface area contributed by atoms with Crippen LogP contribution in [-0.4, -0.2) is 27.6 Å². The maximum absolute atomic E-state index is 13.7. The molecule has 1 aliphatic heterocycles. The summed E-state index contributed by atoms with van der Waals surface area (Å²) in [7, 11) is 0. The normalized spacial score (nSPS) is 20.8. The van der Waals surface area contributed by atoms with Gasteiger partial charge < -0.3 is 20.3 Å². The first-order valence-corrected chi connectivity index (χ1v) is 10.2. The first kappa shape index (κ1) is 21.4. The van der Waals surface area contributed by atoms with Gasteiger partial charge in [0.2, 0.25) is 0 Å². The minimum Gasteiger partial charge on any atom is -0.507 e. The molecule has 0 radical (unpaired) electrons. The fraction of sp³-hybridized carbons (Fsp3) is 0.240. The Labute approximate surface area is 185 Å². The number of nitrogens with one attached hydrogen (secondary N) is 1. The Morgan fingerprint density at radius 3 is 2.38 bits per heavy atom. The van der Waals surface area contributed by atoms with Crippen molar-refractivity contribution >= 4 is 17.3 Å². The second-order valence-corrected chi connectivity index (χ2v) is 8.23. The average Bonchev–Trinajstić information content (AvgIpc) is 3.04. The van der Waals surface area contributed by atoms with Gasteiger partial charge in [-0.05, 0) is 33.3 Å². The lowest BCUT2D eigenvalue weighted by Gasteiger charge is -2.29. The third kappa shape index (κ3) is 2.92. The molecule has 2 aliphatic rings. The number of rotatable bonds is 4. The zero-order valence-electron chi connectivity index (χ0n) is 18.2. The third-order valence-corrected chi connectivity index (χ3v) is 6.16. The van der Waals surface area contributed by atoms with Gasteiger partial charge in [-0.1, -0.05) is 30.3 Å². The molecule has 0 saturated carbocycles. The van der Waals surface area contributed by atoms with Crippen molar-refractivity contribution in [1.82, 2.24) is 5.32 Å². The van der Waals surface area contributed by atoms with E-state index in [0.29, 0.717) is 12.2 Å². The molecule has 7 nitrogen and oxygen atoms in total. The van der Waals surface area contributed by atoms with E-state index in [4.69, 9.17) is 4.74 Å². The Kier molecular flexibility index (Phi) is 4.92. The molecule has 7 heteroatoms. The number of fused-ring (bicyclic) bond motifs is 3. The van der Waals surface area contributed by atoms with E-state index in [1.165, 1.54) is 19.9 Å². The van der Waals surface area contributed by atoms with Crippen LogP contribution in [0, 0.1) is 6.92 Å².